The normalized spacial score (nSPS) is 10.1. The molecule has 0 aliphatic heterocycles. The molecule has 1 aromatic heterocycles. The monoisotopic (exact) mass is 299 g/mol. The van der Waals surface area contributed by atoms with E-state index in [1.807, 2.05) is 19.1 Å². The van der Waals surface area contributed by atoms with Gasteiger partial charge in [-0.25, -0.2) is 4.98 Å². The first-order chi connectivity index (χ1) is 10.2. The standard InChI is InChI=1S/C15H15N4OS/c1-11-14(13-4-2-12(10-16)3-5-13)19-15(21-11)18-7-6-17-8-9-20/h2-5,17H,6-8H2,1H3,(H,18,19). The Morgan fingerprint density at radius 3 is 2.71 bits per heavy atom. The van der Waals surface area contributed by atoms with Crippen LogP contribution in [-0.2, 0) is 4.79 Å². The van der Waals surface area contributed by atoms with Gasteiger partial charge >= 0.3 is 0 Å². The van der Waals surface area contributed by atoms with Crippen molar-refractivity contribution in [2.45, 2.75) is 6.92 Å². The molecule has 0 bridgehead atoms. The minimum Gasteiger partial charge on any atom is -0.360 e. The van der Waals surface area contributed by atoms with Gasteiger partial charge in [0.05, 0.1) is 23.9 Å². The summed E-state index contributed by atoms with van der Waals surface area (Å²) in [4.78, 5) is 15.7. The van der Waals surface area contributed by atoms with Crippen molar-refractivity contribution in [1.82, 2.24) is 10.3 Å². The highest BCUT2D eigenvalue weighted by atomic mass is 32.1. The molecule has 0 aliphatic carbocycles. The van der Waals surface area contributed by atoms with Crippen LogP contribution in [0.3, 0.4) is 0 Å². The third-order valence-electron chi connectivity index (χ3n) is 2.86. The number of nitrogens with zero attached hydrogens (tertiary/aromatic N) is 2. The summed E-state index contributed by atoms with van der Waals surface area (Å²) >= 11 is 1.59. The minimum atomic E-state index is 0.245. The second kappa shape index (κ2) is 7.53. The Morgan fingerprint density at radius 1 is 1.29 bits per heavy atom. The van der Waals surface area contributed by atoms with Crippen LogP contribution >= 0.6 is 11.3 Å². The van der Waals surface area contributed by atoms with Crippen LogP contribution in [0.1, 0.15) is 10.4 Å². The van der Waals surface area contributed by atoms with Gasteiger partial charge in [0, 0.05) is 23.5 Å². The van der Waals surface area contributed by atoms with E-state index in [1.165, 1.54) is 0 Å². The molecular formula is C15H15N4OS. The highest BCUT2D eigenvalue weighted by molar-refractivity contribution is 7.16. The summed E-state index contributed by atoms with van der Waals surface area (Å²) in [6, 6.07) is 9.51. The molecule has 107 valence electrons. The van der Waals surface area contributed by atoms with Gasteiger partial charge in [0.2, 0.25) is 6.29 Å². The summed E-state index contributed by atoms with van der Waals surface area (Å²) in [6.45, 7) is 3.65. The van der Waals surface area contributed by atoms with E-state index in [9.17, 15) is 4.79 Å². The van der Waals surface area contributed by atoms with Crippen molar-refractivity contribution in [3.05, 3.63) is 34.7 Å². The summed E-state index contributed by atoms with van der Waals surface area (Å²) < 4.78 is 0. The topological polar surface area (TPSA) is 77.8 Å². The van der Waals surface area contributed by atoms with Crippen molar-refractivity contribution < 1.29 is 4.79 Å². The molecule has 0 aliphatic rings. The summed E-state index contributed by atoms with van der Waals surface area (Å²) in [5.74, 6) is 0. The van der Waals surface area contributed by atoms with E-state index in [0.717, 1.165) is 21.3 Å². The third kappa shape index (κ3) is 4.12. The quantitative estimate of drug-likeness (QED) is 0.766. The molecule has 6 heteroatoms. The Balaban J connectivity index is 2.01. The number of nitrogens with one attached hydrogen (secondary N) is 2. The van der Waals surface area contributed by atoms with E-state index >= 15 is 0 Å². The van der Waals surface area contributed by atoms with Crippen molar-refractivity contribution in [2.24, 2.45) is 0 Å². The number of anilines is 1. The smallest absolute Gasteiger partial charge is 0.213 e. The van der Waals surface area contributed by atoms with Crippen LogP contribution in [0.5, 0.6) is 0 Å². The highest BCUT2D eigenvalue weighted by Crippen LogP contribution is 2.30. The van der Waals surface area contributed by atoms with Gasteiger partial charge in [-0.1, -0.05) is 12.1 Å². The van der Waals surface area contributed by atoms with Gasteiger partial charge in [0.25, 0.3) is 0 Å². The zero-order chi connectivity index (χ0) is 15.1. The van der Waals surface area contributed by atoms with Crippen LogP contribution in [-0.4, -0.2) is 30.9 Å². The lowest BCUT2D eigenvalue weighted by Crippen LogP contribution is -2.23. The highest BCUT2D eigenvalue weighted by Gasteiger charge is 2.09. The Bertz CT molecular complexity index is 643. The number of aromatic nitrogens is 1. The molecule has 2 rings (SSSR count). The first kappa shape index (κ1) is 15.2. The Kier molecular flexibility index (Phi) is 5.43. The number of aryl methyl sites for hydroxylation is 1. The fourth-order valence-corrected chi connectivity index (χ4v) is 2.70. The lowest BCUT2D eigenvalue weighted by molar-refractivity contribution is 0.549. The van der Waals surface area contributed by atoms with Gasteiger partial charge in [0.1, 0.15) is 0 Å². The molecule has 21 heavy (non-hydrogen) atoms. The van der Waals surface area contributed by atoms with Crippen LogP contribution in [0.4, 0.5) is 5.13 Å². The third-order valence-corrected chi connectivity index (χ3v) is 3.79. The molecule has 2 N–H and O–H groups in total. The Labute approximate surface area is 127 Å². The molecule has 0 saturated heterocycles. The van der Waals surface area contributed by atoms with E-state index in [1.54, 1.807) is 29.8 Å². The molecule has 0 fully saturated rings. The number of hydrogen-bond donors (Lipinski definition) is 2. The predicted molar refractivity (Wildman–Crippen MR) is 84.1 cm³/mol. The first-order valence-electron chi connectivity index (χ1n) is 6.52. The summed E-state index contributed by atoms with van der Waals surface area (Å²) in [5, 5.41) is 15.8. The SMILES string of the molecule is Cc1sc(NCCNC[C]=O)nc1-c1ccc(C#N)cc1. The minimum absolute atomic E-state index is 0.245. The molecule has 5 nitrogen and oxygen atoms in total. The van der Waals surface area contributed by atoms with Crippen molar-refractivity contribution in [3.8, 4) is 17.3 Å². The molecule has 2 aromatic rings. The van der Waals surface area contributed by atoms with Crippen LogP contribution in [0.25, 0.3) is 11.3 Å². The molecule has 0 atom stereocenters. The number of benzene rings is 1. The molecule has 1 aromatic carbocycles. The Hall–Kier alpha value is -2.23. The molecule has 0 amide bonds. The molecule has 1 radical (unpaired) electrons. The van der Waals surface area contributed by atoms with Gasteiger partial charge in [-0.2, -0.15) is 5.26 Å². The largest absolute Gasteiger partial charge is 0.360 e. The molecule has 0 unspecified atom stereocenters. The maximum atomic E-state index is 10.1. The second-order valence-corrected chi connectivity index (χ2v) is 5.56. The second-order valence-electron chi connectivity index (χ2n) is 4.36. The van der Waals surface area contributed by atoms with Gasteiger partial charge in [0.15, 0.2) is 5.13 Å². The zero-order valence-corrected chi connectivity index (χ0v) is 12.5. The number of carbonyl (C=O) groups excluding carboxylic acids is 1. The lowest BCUT2D eigenvalue weighted by atomic mass is 10.1. The van der Waals surface area contributed by atoms with E-state index in [4.69, 9.17) is 5.26 Å². The number of rotatable bonds is 7. The van der Waals surface area contributed by atoms with Gasteiger partial charge in [-0.3, -0.25) is 4.79 Å². The van der Waals surface area contributed by atoms with Crippen molar-refractivity contribution in [1.29, 1.82) is 5.26 Å². The van der Waals surface area contributed by atoms with E-state index < -0.39 is 0 Å². The van der Waals surface area contributed by atoms with Crippen molar-refractivity contribution >= 4 is 22.8 Å². The van der Waals surface area contributed by atoms with E-state index in [0.29, 0.717) is 18.7 Å². The van der Waals surface area contributed by atoms with Crippen molar-refractivity contribution in [2.75, 3.05) is 25.0 Å². The lowest BCUT2D eigenvalue weighted by Gasteiger charge is -2.02. The van der Waals surface area contributed by atoms with E-state index in [-0.39, 0.29) is 6.54 Å². The van der Waals surface area contributed by atoms with Crippen molar-refractivity contribution in [3.63, 3.8) is 0 Å². The number of hydrogen-bond acceptors (Lipinski definition) is 6. The fourth-order valence-electron chi connectivity index (χ4n) is 1.84. The number of thiazole rings is 1. The van der Waals surface area contributed by atoms with Gasteiger partial charge in [-0.05, 0) is 19.1 Å². The fraction of sp³-hybridized carbons (Fsp3) is 0.267. The maximum absolute atomic E-state index is 10.1. The maximum Gasteiger partial charge on any atom is 0.213 e. The summed E-state index contributed by atoms with van der Waals surface area (Å²) in [5.41, 5.74) is 2.58. The van der Waals surface area contributed by atoms with E-state index in [2.05, 4.69) is 21.7 Å². The zero-order valence-electron chi connectivity index (χ0n) is 11.6. The average Bonchev–Trinajstić information content (AvgIpc) is 2.88. The van der Waals surface area contributed by atoms with Crippen LogP contribution < -0.4 is 10.6 Å². The molecule has 1 heterocycles. The van der Waals surface area contributed by atoms with Gasteiger partial charge in [-0.15, -0.1) is 11.3 Å². The average molecular weight is 299 g/mol. The number of nitriles is 1. The van der Waals surface area contributed by atoms with Crippen LogP contribution in [0, 0.1) is 18.3 Å². The molecule has 0 spiro atoms. The summed E-state index contributed by atoms with van der Waals surface area (Å²) in [7, 11) is 0. The Morgan fingerprint density at radius 2 is 2.05 bits per heavy atom. The van der Waals surface area contributed by atoms with Crippen LogP contribution in [0.15, 0.2) is 24.3 Å². The van der Waals surface area contributed by atoms with Crippen LogP contribution in [0.2, 0.25) is 0 Å². The first-order valence-corrected chi connectivity index (χ1v) is 7.34. The summed E-state index contributed by atoms with van der Waals surface area (Å²) in [6.07, 6.45) is 1.79. The molecular weight excluding hydrogens is 284 g/mol. The predicted octanol–water partition coefficient (Wildman–Crippen LogP) is 2.10. The van der Waals surface area contributed by atoms with Gasteiger partial charge < -0.3 is 10.6 Å². The molecule has 0 saturated carbocycles.